The number of amides is 1. The third kappa shape index (κ3) is 4.32. The highest BCUT2D eigenvalue weighted by Crippen LogP contribution is 2.24. The van der Waals surface area contributed by atoms with Gasteiger partial charge in [0, 0.05) is 17.5 Å². The van der Waals surface area contributed by atoms with Gasteiger partial charge in [-0.05, 0) is 24.6 Å². The fourth-order valence-electron chi connectivity index (χ4n) is 2.75. The molecule has 4 aromatic rings. The Morgan fingerprint density at radius 2 is 1.89 bits per heavy atom. The normalized spacial score (nSPS) is 10.8. The fraction of sp³-hybridized carbons (Fsp3) is 0.143. The van der Waals surface area contributed by atoms with E-state index in [1.807, 2.05) is 29.6 Å². The van der Waals surface area contributed by atoms with E-state index in [-0.39, 0.29) is 12.3 Å². The summed E-state index contributed by atoms with van der Waals surface area (Å²) in [5, 5.41) is 9.93. The molecule has 140 valence electrons. The van der Waals surface area contributed by atoms with Crippen molar-refractivity contribution < 1.29 is 4.79 Å². The number of hydrogen-bond donors (Lipinski definition) is 1. The number of thiazole rings is 1. The first-order valence-electron chi connectivity index (χ1n) is 8.89. The lowest BCUT2D eigenvalue weighted by Crippen LogP contribution is -2.24. The van der Waals surface area contributed by atoms with Crippen LogP contribution < -0.4 is 5.32 Å². The van der Waals surface area contributed by atoms with Crippen molar-refractivity contribution in [3.05, 3.63) is 83.4 Å². The van der Waals surface area contributed by atoms with E-state index in [1.165, 1.54) is 11.9 Å². The second-order valence-corrected chi connectivity index (χ2v) is 7.33. The maximum Gasteiger partial charge on any atom is 0.226 e. The summed E-state index contributed by atoms with van der Waals surface area (Å²) in [5.41, 5.74) is 5.04. The minimum Gasteiger partial charge on any atom is -0.352 e. The fourth-order valence-corrected chi connectivity index (χ4v) is 3.58. The van der Waals surface area contributed by atoms with Gasteiger partial charge in [0.15, 0.2) is 0 Å². The molecule has 0 spiro atoms. The van der Waals surface area contributed by atoms with Crippen LogP contribution in [0.25, 0.3) is 16.3 Å². The Balaban J connectivity index is 1.32. The molecule has 0 aliphatic rings. The molecule has 0 saturated carbocycles. The molecule has 28 heavy (non-hydrogen) atoms. The topological polar surface area (TPSA) is 72.7 Å². The van der Waals surface area contributed by atoms with Crippen LogP contribution in [0.4, 0.5) is 0 Å². The first-order chi connectivity index (χ1) is 13.7. The molecular weight excluding hydrogens is 370 g/mol. The van der Waals surface area contributed by atoms with Crippen LogP contribution in [0.2, 0.25) is 0 Å². The highest BCUT2D eigenvalue weighted by molar-refractivity contribution is 7.13. The van der Waals surface area contributed by atoms with Crippen molar-refractivity contribution in [2.45, 2.75) is 19.9 Å². The number of benzene rings is 2. The Kier molecular flexibility index (Phi) is 5.25. The predicted molar refractivity (Wildman–Crippen MR) is 109 cm³/mol. The zero-order valence-corrected chi connectivity index (χ0v) is 16.2. The van der Waals surface area contributed by atoms with Gasteiger partial charge < -0.3 is 5.32 Å². The van der Waals surface area contributed by atoms with E-state index in [2.05, 4.69) is 51.6 Å². The van der Waals surface area contributed by atoms with Crippen molar-refractivity contribution in [3.8, 4) is 16.3 Å². The van der Waals surface area contributed by atoms with E-state index in [0.29, 0.717) is 6.54 Å². The number of rotatable bonds is 6. The molecule has 1 amide bonds. The summed E-state index contributed by atoms with van der Waals surface area (Å²) >= 11 is 1.56. The van der Waals surface area contributed by atoms with E-state index in [0.717, 1.165) is 27.5 Å². The molecule has 7 heteroatoms. The first kappa shape index (κ1) is 18.1. The molecule has 0 unspecified atom stereocenters. The van der Waals surface area contributed by atoms with Gasteiger partial charge in [0.2, 0.25) is 5.91 Å². The molecule has 0 radical (unpaired) electrons. The van der Waals surface area contributed by atoms with E-state index in [9.17, 15) is 4.79 Å². The van der Waals surface area contributed by atoms with Crippen LogP contribution in [-0.2, 0) is 17.8 Å². The van der Waals surface area contributed by atoms with Gasteiger partial charge in [-0.1, -0.05) is 42.0 Å². The molecule has 0 fully saturated rings. The average Bonchev–Trinajstić information content (AvgIpc) is 3.40. The van der Waals surface area contributed by atoms with Crippen LogP contribution in [0.1, 0.15) is 16.8 Å². The van der Waals surface area contributed by atoms with Crippen LogP contribution in [0.15, 0.2) is 66.6 Å². The number of carbonyl (C=O) groups excluding carboxylic acids is 1. The van der Waals surface area contributed by atoms with Crippen LogP contribution in [0.5, 0.6) is 0 Å². The third-order valence-electron chi connectivity index (χ3n) is 4.30. The molecule has 2 aromatic carbocycles. The average molecular weight is 389 g/mol. The van der Waals surface area contributed by atoms with E-state index < -0.39 is 0 Å². The quantitative estimate of drug-likeness (QED) is 0.547. The van der Waals surface area contributed by atoms with Gasteiger partial charge in [0.25, 0.3) is 0 Å². The summed E-state index contributed by atoms with van der Waals surface area (Å²) in [6.07, 6.45) is 3.42. The predicted octanol–water partition coefficient (Wildman–Crippen LogP) is 3.56. The minimum atomic E-state index is -0.0406. The molecule has 6 nitrogen and oxygen atoms in total. The number of aryl methyl sites for hydroxylation is 1. The lowest BCUT2D eigenvalue weighted by molar-refractivity contribution is -0.120. The van der Waals surface area contributed by atoms with Crippen LogP contribution in [-0.4, -0.2) is 25.7 Å². The zero-order chi connectivity index (χ0) is 19.3. The Hall–Kier alpha value is -3.32. The van der Waals surface area contributed by atoms with E-state index >= 15 is 0 Å². The van der Waals surface area contributed by atoms with Gasteiger partial charge >= 0.3 is 0 Å². The van der Waals surface area contributed by atoms with Crippen LogP contribution in [0.3, 0.4) is 0 Å². The van der Waals surface area contributed by atoms with Crippen LogP contribution >= 0.6 is 11.3 Å². The highest BCUT2D eigenvalue weighted by Gasteiger charge is 2.09. The van der Waals surface area contributed by atoms with Gasteiger partial charge in [-0.15, -0.1) is 11.3 Å². The van der Waals surface area contributed by atoms with Crippen molar-refractivity contribution in [1.29, 1.82) is 0 Å². The number of nitrogens with zero attached hydrogens (tertiary/aromatic N) is 4. The number of aromatic nitrogens is 4. The Bertz CT molecular complexity index is 1050. The molecule has 0 saturated heterocycles. The third-order valence-corrected chi connectivity index (χ3v) is 5.24. The Morgan fingerprint density at radius 1 is 1.11 bits per heavy atom. The minimum absolute atomic E-state index is 0.0406. The molecule has 1 N–H and O–H groups in total. The van der Waals surface area contributed by atoms with Crippen molar-refractivity contribution in [3.63, 3.8) is 0 Å². The van der Waals surface area contributed by atoms with Crippen LogP contribution in [0, 0.1) is 6.92 Å². The highest BCUT2D eigenvalue weighted by atomic mass is 32.1. The molecule has 2 aromatic heterocycles. The van der Waals surface area contributed by atoms with Gasteiger partial charge in [-0.2, -0.15) is 5.10 Å². The molecule has 0 aliphatic heterocycles. The molecule has 0 atom stereocenters. The molecule has 0 bridgehead atoms. The summed E-state index contributed by atoms with van der Waals surface area (Å²) < 4.78 is 1.69. The lowest BCUT2D eigenvalue weighted by Gasteiger charge is -2.06. The van der Waals surface area contributed by atoms with Gasteiger partial charge in [0.1, 0.15) is 17.7 Å². The number of carbonyl (C=O) groups is 1. The number of nitrogens with one attached hydrogen (secondary N) is 1. The van der Waals surface area contributed by atoms with Gasteiger partial charge in [0.05, 0.1) is 17.8 Å². The first-order valence-corrected chi connectivity index (χ1v) is 9.77. The van der Waals surface area contributed by atoms with Gasteiger partial charge in [-0.25, -0.2) is 14.6 Å². The molecule has 0 aliphatic carbocycles. The maximum absolute atomic E-state index is 12.3. The summed E-state index contributed by atoms with van der Waals surface area (Å²) in [7, 11) is 0. The summed E-state index contributed by atoms with van der Waals surface area (Å²) in [6, 6.07) is 16.1. The second kappa shape index (κ2) is 8.14. The molecular formula is C21H19N5OS. The monoisotopic (exact) mass is 389 g/mol. The summed E-state index contributed by atoms with van der Waals surface area (Å²) in [6.45, 7) is 2.54. The molecule has 2 heterocycles. The standard InChI is InChI=1S/C21H19N5OS/c1-15-2-6-17(7-3-15)21-25-18(12-28-21)10-20(27)23-11-16-4-8-19(9-5-16)26-14-22-13-24-26/h2-9,12-14H,10-11H2,1H3,(H,23,27). The van der Waals surface area contributed by atoms with E-state index in [4.69, 9.17) is 0 Å². The Labute approximate surface area is 166 Å². The SMILES string of the molecule is Cc1ccc(-c2nc(CC(=O)NCc3ccc(-n4cncn4)cc3)cs2)cc1. The smallest absolute Gasteiger partial charge is 0.226 e. The van der Waals surface area contributed by atoms with Crippen molar-refractivity contribution in [2.75, 3.05) is 0 Å². The largest absolute Gasteiger partial charge is 0.352 e. The van der Waals surface area contributed by atoms with Crippen molar-refractivity contribution in [2.24, 2.45) is 0 Å². The van der Waals surface area contributed by atoms with E-state index in [1.54, 1.807) is 22.3 Å². The van der Waals surface area contributed by atoms with Crippen molar-refractivity contribution >= 4 is 17.2 Å². The maximum atomic E-state index is 12.3. The van der Waals surface area contributed by atoms with Gasteiger partial charge in [-0.3, -0.25) is 4.79 Å². The molecule has 4 rings (SSSR count). The number of hydrogen-bond acceptors (Lipinski definition) is 5. The lowest BCUT2D eigenvalue weighted by atomic mass is 10.2. The van der Waals surface area contributed by atoms with Crippen molar-refractivity contribution in [1.82, 2.24) is 25.1 Å². The second-order valence-electron chi connectivity index (χ2n) is 6.47. The summed E-state index contributed by atoms with van der Waals surface area (Å²) in [4.78, 5) is 20.8. The summed E-state index contributed by atoms with van der Waals surface area (Å²) in [5.74, 6) is -0.0406. The zero-order valence-electron chi connectivity index (χ0n) is 15.4. The Morgan fingerprint density at radius 3 is 2.61 bits per heavy atom.